The number of aliphatic imine (C=N–C) groups is 1. The average Bonchev–Trinajstić information content (AvgIpc) is 3.45. The van der Waals surface area contributed by atoms with Crippen molar-refractivity contribution in [2.75, 3.05) is 19.6 Å². The zero-order valence-corrected chi connectivity index (χ0v) is 24.6. The van der Waals surface area contributed by atoms with Gasteiger partial charge in [0.05, 0.1) is 0 Å². The molecular weight excluding hydrogens is 462 g/mol. The van der Waals surface area contributed by atoms with Crippen molar-refractivity contribution in [1.29, 1.82) is 0 Å². The largest absolute Gasteiger partial charge is 0.359 e. The van der Waals surface area contributed by atoms with E-state index in [-0.39, 0.29) is 8.27 Å². The van der Waals surface area contributed by atoms with Crippen LogP contribution in [-0.2, 0) is 0 Å². The minimum Gasteiger partial charge on any atom is -0.359 e. The molecule has 2 unspecified atom stereocenters. The van der Waals surface area contributed by atoms with Gasteiger partial charge in [-0.15, -0.1) is 6.58 Å². The second kappa shape index (κ2) is 11.9. The summed E-state index contributed by atoms with van der Waals surface area (Å²) in [5, 5.41) is 3.63. The first-order valence-electron chi connectivity index (χ1n) is 14.9. The second-order valence-corrected chi connectivity index (χ2v) is 11.9. The van der Waals surface area contributed by atoms with Crippen LogP contribution >= 0.6 is 0 Å². The molecule has 2 heterocycles. The number of rotatable bonds is 6. The Kier molecular flexibility index (Phi) is 8.85. The number of dihydropyridines is 1. The highest BCUT2D eigenvalue weighted by Crippen LogP contribution is 2.44. The van der Waals surface area contributed by atoms with Crippen LogP contribution < -0.4 is 5.32 Å². The lowest BCUT2D eigenvalue weighted by atomic mass is 9.68. The SMILES string of the molecule is C=CC1(C)CC=C(C2=CCC=C2)C=C1/C=C(\C)NC(=C)C1=CC(N2CC3(CCCCC3)C2)=NCC1C.CC.[HH].[HH]. The summed E-state index contributed by atoms with van der Waals surface area (Å²) in [5.74, 6) is 1.53. The second-order valence-electron chi connectivity index (χ2n) is 11.9. The standard InChI is InChI=1S/C33H43N3.C2H6.2H2/c1-6-32(5)17-14-28(27-12-8-9-13-27)19-29(32)18-25(3)35-26(4)30-20-31(34-21-24(30)2)36-22-33(23-36)15-10-7-11-16-33;1-2;;/h6,8,12-14,18-20,24,35H,1,4,7,9-11,15-17,21-23H2,2-3,5H3;1-2H3;2*1H/b25-18+;;;. The molecule has 208 valence electrons. The molecule has 0 radical (unpaired) electrons. The summed E-state index contributed by atoms with van der Waals surface area (Å²) in [5.41, 5.74) is 7.82. The van der Waals surface area contributed by atoms with Gasteiger partial charge in [0.2, 0.25) is 0 Å². The summed E-state index contributed by atoms with van der Waals surface area (Å²) in [7, 11) is 0. The van der Waals surface area contributed by atoms with Gasteiger partial charge in [0, 0.05) is 50.6 Å². The van der Waals surface area contributed by atoms with E-state index in [0.717, 1.165) is 36.6 Å². The normalized spacial score (nSPS) is 28.1. The van der Waals surface area contributed by atoms with Gasteiger partial charge >= 0.3 is 0 Å². The highest BCUT2D eigenvalue weighted by Gasteiger charge is 2.44. The third-order valence-corrected chi connectivity index (χ3v) is 8.97. The first kappa shape index (κ1) is 28.2. The fraction of sp³-hybridized carbons (Fsp3) is 0.514. The van der Waals surface area contributed by atoms with Gasteiger partial charge < -0.3 is 10.2 Å². The number of allylic oxidation sites excluding steroid dienone is 12. The van der Waals surface area contributed by atoms with E-state index in [4.69, 9.17) is 4.99 Å². The van der Waals surface area contributed by atoms with Gasteiger partial charge in [-0.25, -0.2) is 0 Å². The topological polar surface area (TPSA) is 27.6 Å². The van der Waals surface area contributed by atoms with Gasteiger partial charge in [-0.3, -0.25) is 4.99 Å². The summed E-state index contributed by atoms with van der Waals surface area (Å²) in [6, 6.07) is 0. The Morgan fingerprint density at radius 2 is 1.87 bits per heavy atom. The van der Waals surface area contributed by atoms with Crippen molar-refractivity contribution in [1.82, 2.24) is 10.2 Å². The molecule has 1 N–H and O–H groups in total. The van der Waals surface area contributed by atoms with E-state index < -0.39 is 0 Å². The summed E-state index contributed by atoms with van der Waals surface area (Å²) in [4.78, 5) is 7.43. The number of hydrogen-bond donors (Lipinski definition) is 1. The van der Waals surface area contributed by atoms with Crippen LogP contribution in [0.4, 0.5) is 0 Å². The van der Waals surface area contributed by atoms with E-state index in [1.165, 1.54) is 67.5 Å². The van der Waals surface area contributed by atoms with Crippen molar-refractivity contribution in [3.05, 3.63) is 95.5 Å². The molecule has 2 fully saturated rings. The monoisotopic (exact) mass is 515 g/mol. The van der Waals surface area contributed by atoms with Crippen LogP contribution in [-0.4, -0.2) is 30.4 Å². The third-order valence-electron chi connectivity index (χ3n) is 8.97. The first-order chi connectivity index (χ1) is 18.3. The maximum absolute atomic E-state index is 4.94. The molecule has 1 spiro atoms. The Morgan fingerprint density at radius 3 is 2.53 bits per heavy atom. The molecular formula is C35H53N3. The van der Waals surface area contributed by atoms with E-state index in [0.29, 0.717) is 11.3 Å². The van der Waals surface area contributed by atoms with Crippen LogP contribution in [0.3, 0.4) is 0 Å². The van der Waals surface area contributed by atoms with Crippen LogP contribution in [0.1, 0.15) is 82.4 Å². The highest BCUT2D eigenvalue weighted by atomic mass is 15.3. The molecule has 0 aromatic carbocycles. The molecule has 38 heavy (non-hydrogen) atoms. The Balaban J connectivity index is 0.00000137. The van der Waals surface area contributed by atoms with Gasteiger partial charge in [-0.05, 0) is 67.1 Å². The van der Waals surface area contributed by atoms with E-state index in [2.05, 4.69) is 92.8 Å². The lowest BCUT2D eigenvalue weighted by Crippen LogP contribution is -2.59. The number of nitrogens with zero attached hydrogens (tertiary/aromatic N) is 2. The molecule has 0 aromatic rings. The van der Waals surface area contributed by atoms with Crippen LogP contribution in [0.15, 0.2) is 100 Å². The van der Waals surface area contributed by atoms with Crippen LogP contribution in [0.2, 0.25) is 0 Å². The maximum atomic E-state index is 4.94. The van der Waals surface area contributed by atoms with E-state index in [9.17, 15) is 0 Å². The predicted molar refractivity (Wildman–Crippen MR) is 169 cm³/mol. The molecule has 0 bridgehead atoms. The van der Waals surface area contributed by atoms with Crippen LogP contribution in [0.25, 0.3) is 0 Å². The summed E-state index contributed by atoms with van der Waals surface area (Å²) < 4.78 is 0. The molecule has 2 aliphatic heterocycles. The molecule has 3 heteroatoms. The van der Waals surface area contributed by atoms with Crippen molar-refractivity contribution < 1.29 is 2.85 Å². The van der Waals surface area contributed by atoms with Crippen molar-refractivity contribution in [2.45, 2.75) is 79.6 Å². The summed E-state index contributed by atoms with van der Waals surface area (Å²) >= 11 is 0. The molecule has 5 aliphatic rings. The highest BCUT2D eigenvalue weighted by molar-refractivity contribution is 5.95. The number of hydrogen-bond acceptors (Lipinski definition) is 3. The van der Waals surface area contributed by atoms with Crippen LogP contribution in [0.5, 0.6) is 0 Å². The lowest BCUT2D eigenvalue weighted by molar-refractivity contribution is 0.0211. The fourth-order valence-electron chi connectivity index (χ4n) is 6.47. The average molecular weight is 516 g/mol. The summed E-state index contributed by atoms with van der Waals surface area (Å²) in [6.07, 6.45) is 27.1. The Hall–Kier alpha value is -2.81. The van der Waals surface area contributed by atoms with E-state index >= 15 is 0 Å². The Morgan fingerprint density at radius 1 is 1.13 bits per heavy atom. The Labute approximate surface area is 235 Å². The maximum Gasteiger partial charge on any atom is 0.123 e. The smallest absolute Gasteiger partial charge is 0.123 e. The number of nitrogens with one attached hydrogen (secondary N) is 1. The molecule has 1 saturated heterocycles. The molecule has 0 amide bonds. The van der Waals surface area contributed by atoms with Gasteiger partial charge in [-0.2, -0.15) is 0 Å². The van der Waals surface area contributed by atoms with Gasteiger partial charge in [-0.1, -0.05) is 90.0 Å². The molecule has 3 aliphatic carbocycles. The number of likely N-dealkylation sites (tertiary alicyclic amines) is 1. The molecule has 2 atom stereocenters. The summed E-state index contributed by atoms with van der Waals surface area (Å²) in [6.45, 7) is 22.5. The number of amidine groups is 1. The zero-order valence-electron chi connectivity index (χ0n) is 24.6. The molecule has 1 saturated carbocycles. The zero-order chi connectivity index (χ0) is 27.3. The van der Waals surface area contributed by atoms with Gasteiger partial charge in [0.15, 0.2) is 0 Å². The van der Waals surface area contributed by atoms with Gasteiger partial charge in [0.1, 0.15) is 5.84 Å². The van der Waals surface area contributed by atoms with Crippen molar-refractivity contribution in [3.63, 3.8) is 0 Å². The third kappa shape index (κ3) is 5.92. The van der Waals surface area contributed by atoms with Crippen molar-refractivity contribution >= 4 is 5.84 Å². The van der Waals surface area contributed by atoms with E-state index in [1.807, 2.05) is 13.8 Å². The Bertz CT molecular complexity index is 1150. The molecule has 5 rings (SSSR count). The predicted octanol–water partition coefficient (Wildman–Crippen LogP) is 9.09. The lowest BCUT2D eigenvalue weighted by Gasteiger charge is -2.53. The van der Waals surface area contributed by atoms with Crippen molar-refractivity contribution in [2.24, 2.45) is 21.7 Å². The fourth-order valence-corrected chi connectivity index (χ4v) is 6.47. The van der Waals surface area contributed by atoms with Gasteiger partial charge in [0.25, 0.3) is 0 Å². The minimum atomic E-state index is -0.0690. The first-order valence-corrected chi connectivity index (χ1v) is 14.9. The molecule has 0 aromatic heterocycles. The van der Waals surface area contributed by atoms with E-state index in [1.54, 1.807) is 0 Å². The molecule has 3 nitrogen and oxygen atoms in total. The van der Waals surface area contributed by atoms with Crippen molar-refractivity contribution in [3.8, 4) is 0 Å². The van der Waals surface area contributed by atoms with Crippen LogP contribution in [0, 0.1) is 16.7 Å². The minimum absolute atomic E-state index is 0. The quantitative estimate of drug-likeness (QED) is 0.357.